The zero-order chi connectivity index (χ0) is 18.4. The highest BCUT2D eigenvalue weighted by Crippen LogP contribution is 2.56. The molecule has 0 aliphatic heterocycles. The average molecular weight is 361 g/mol. The van der Waals surface area contributed by atoms with Crippen molar-refractivity contribution in [2.75, 3.05) is 16.4 Å². The summed E-state index contributed by atoms with van der Waals surface area (Å²) in [5.41, 5.74) is 9.11. The second-order valence-electron chi connectivity index (χ2n) is 8.95. The van der Waals surface area contributed by atoms with Gasteiger partial charge in [0.25, 0.3) is 5.91 Å². The van der Waals surface area contributed by atoms with Gasteiger partial charge in [0.1, 0.15) is 0 Å². The van der Waals surface area contributed by atoms with Crippen molar-refractivity contribution in [3.05, 3.63) is 54.1 Å². The summed E-state index contributed by atoms with van der Waals surface area (Å²) < 4.78 is 0. The van der Waals surface area contributed by atoms with E-state index in [0.717, 1.165) is 29.1 Å². The molecule has 6 rings (SSSR count). The van der Waals surface area contributed by atoms with Gasteiger partial charge >= 0.3 is 0 Å². The lowest BCUT2D eigenvalue weighted by atomic mass is 9.53. The van der Waals surface area contributed by atoms with Gasteiger partial charge in [0, 0.05) is 16.8 Å². The van der Waals surface area contributed by atoms with Crippen molar-refractivity contribution in [1.82, 2.24) is 0 Å². The molecule has 4 fully saturated rings. The van der Waals surface area contributed by atoms with Crippen molar-refractivity contribution in [2.45, 2.75) is 44.1 Å². The van der Waals surface area contributed by atoms with Crippen LogP contribution in [0.1, 0.15) is 48.9 Å². The maximum Gasteiger partial charge on any atom is 0.255 e. The SMILES string of the molecule is Nc1cccc(C(=O)Nc2ccccc2NC23CC4CC(CC(C4)C2)C3)c1. The number of nitrogens with two attached hydrogens (primary N) is 1. The minimum absolute atomic E-state index is 0.123. The monoisotopic (exact) mass is 361 g/mol. The average Bonchev–Trinajstić information content (AvgIpc) is 2.62. The van der Waals surface area contributed by atoms with E-state index in [4.69, 9.17) is 5.73 Å². The lowest BCUT2D eigenvalue weighted by Crippen LogP contribution is -2.54. The number of benzene rings is 2. The normalized spacial score (nSPS) is 30.9. The fourth-order valence-electron chi connectivity index (χ4n) is 6.12. The summed E-state index contributed by atoms with van der Waals surface area (Å²) in [6, 6.07) is 15.2. The molecule has 0 saturated heterocycles. The summed E-state index contributed by atoms with van der Waals surface area (Å²) in [5, 5.41) is 6.96. The number of para-hydroxylation sites is 2. The number of anilines is 3. The van der Waals surface area contributed by atoms with E-state index >= 15 is 0 Å². The molecule has 1 amide bonds. The Morgan fingerprint density at radius 2 is 1.52 bits per heavy atom. The summed E-state index contributed by atoms with van der Waals surface area (Å²) in [7, 11) is 0. The molecule has 0 aromatic heterocycles. The Labute approximate surface area is 160 Å². The molecule has 0 radical (unpaired) electrons. The molecular weight excluding hydrogens is 334 g/mol. The third kappa shape index (κ3) is 3.18. The quantitative estimate of drug-likeness (QED) is 0.678. The Bertz CT molecular complexity index is 840. The first-order chi connectivity index (χ1) is 13.1. The molecule has 0 spiro atoms. The van der Waals surface area contributed by atoms with E-state index in [1.165, 1.54) is 38.5 Å². The summed E-state index contributed by atoms with van der Waals surface area (Å²) in [5.74, 6) is 2.54. The number of hydrogen-bond acceptors (Lipinski definition) is 3. The number of hydrogen-bond donors (Lipinski definition) is 3. The predicted octanol–water partition coefficient (Wildman–Crippen LogP) is 4.90. The fourth-order valence-corrected chi connectivity index (χ4v) is 6.12. The molecule has 4 nitrogen and oxygen atoms in total. The molecule has 2 aromatic carbocycles. The van der Waals surface area contributed by atoms with Gasteiger partial charge in [-0.2, -0.15) is 0 Å². The molecule has 0 unspecified atom stereocenters. The van der Waals surface area contributed by atoms with Crippen LogP contribution in [0.2, 0.25) is 0 Å². The Balaban J connectivity index is 1.38. The highest BCUT2D eigenvalue weighted by molar-refractivity contribution is 6.06. The van der Waals surface area contributed by atoms with Crippen LogP contribution in [0.4, 0.5) is 17.1 Å². The smallest absolute Gasteiger partial charge is 0.255 e. The van der Waals surface area contributed by atoms with Crippen molar-refractivity contribution >= 4 is 23.0 Å². The van der Waals surface area contributed by atoms with E-state index in [0.29, 0.717) is 11.3 Å². The van der Waals surface area contributed by atoms with Gasteiger partial charge in [-0.3, -0.25) is 4.79 Å². The number of nitrogens with one attached hydrogen (secondary N) is 2. The van der Waals surface area contributed by atoms with Crippen LogP contribution in [0.25, 0.3) is 0 Å². The van der Waals surface area contributed by atoms with Crippen molar-refractivity contribution in [3.8, 4) is 0 Å². The van der Waals surface area contributed by atoms with Crippen molar-refractivity contribution in [3.63, 3.8) is 0 Å². The Morgan fingerprint density at radius 3 is 2.15 bits per heavy atom. The zero-order valence-corrected chi connectivity index (χ0v) is 15.6. The third-order valence-corrected chi connectivity index (χ3v) is 6.76. The van der Waals surface area contributed by atoms with E-state index in [-0.39, 0.29) is 11.4 Å². The number of amides is 1. The molecule has 4 bridgehead atoms. The van der Waals surface area contributed by atoms with Crippen LogP contribution in [-0.4, -0.2) is 11.4 Å². The predicted molar refractivity (Wildman–Crippen MR) is 110 cm³/mol. The van der Waals surface area contributed by atoms with Gasteiger partial charge in [0.15, 0.2) is 0 Å². The molecule has 0 atom stereocenters. The standard InChI is InChI=1S/C23H27N3O/c24-19-5-3-4-18(11-19)22(27)25-20-6-1-2-7-21(20)26-23-12-15-8-16(13-23)10-17(9-15)14-23/h1-7,11,15-17,26H,8-10,12-14,24H2,(H,25,27). The van der Waals surface area contributed by atoms with Crippen molar-refractivity contribution < 1.29 is 4.79 Å². The molecule has 4 aliphatic carbocycles. The van der Waals surface area contributed by atoms with Gasteiger partial charge in [-0.25, -0.2) is 0 Å². The zero-order valence-electron chi connectivity index (χ0n) is 15.6. The molecule has 2 aromatic rings. The van der Waals surface area contributed by atoms with E-state index in [9.17, 15) is 4.79 Å². The van der Waals surface area contributed by atoms with E-state index in [1.54, 1.807) is 18.2 Å². The first-order valence-electron chi connectivity index (χ1n) is 10.1. The van der Waals surface area contributed by atoms with Crippen LogP contribution >= 0.6 is 0 Å². The molecule has 27 heavy (non-hydrogen) atoms. The van der Waals surface area contributed by atoms with Gasteiger partial charge in [-0.15, -0.1) is 0 Å². The van der Waals surface area contributed by atoms with E-state index < -0.39 is 0 Å². The second kappa shape index (κ2) is 6.29. The van der Waals surface area contributed by atoms with Crippen molar-refractivity contribution in [1.29, 1.82) is 0 Å². The molecule has 140 valence electrons. The maximum absolute atomic E-state index is 12.7. The topological polar surface area (TPSA) is 67.2 Å². The van der Waals surface area contributed by atoms with Crippen LogP contribution in [0.5, 0.6) is 0 Å². The van der Waals surface area contributed by atoms with Crippen LogP contribution < -0.4 is 16.4 Å². The number of nitrogen functional groups attached to an aromatic ring is 1. The molecule has 4 N–H and O–H groups in total. The van der Waals surface area contributed by atoms with Crippen LogP contribution in [-0.2, 0) is 0 Å². The summed E-state index contributed by atoms with van der Waals surface area (Å²) in [6.07, 6.45) is 8.10. The van der Waals surface area contributed by atoms with E-state index in [2.05, 4.69) is 16.7 Å². The van der Waals surface area contributed by atoms with Gasteiger partial charge < -0.3 is 16.4 Å². The largest absolute Gasteiger partial charge is 0.399 e. The first-order valence-corrected chi connectivity index (χ1v) is 10.1. The number of carbonyl (C=O) groups is 1. The molecular formula is C23H27N3O. The van der Waals surface area contributed by atoms with Gasteiger partial charge in [0.05, 0.1) is 11.4 Å². The summed E-state index contributed by atoms with van der Waals surface area (Å²) in [6.45, 7) is 0. The van der Waals surface area contributed by atoms with Crippen LogP contribution in [0.15, 0.2) is 48.5 Å². The Kier molecular flexibility index (Phi) is 3.88. The van der Waals surface area contributed by atoms with Gasteiger partial charge in [0.2, 0.25) is 0 Å². The highest BCUT2D eigenvalue weighted by atomic mass is 16.1. The Morgan fingerprint density at radius 1 is 0.889 bits per heavy atom. The molecule has 0 heterocycles. The third-order valence-electron chi connectivity index (χ3n) is 6.76. The van der Waals surface area contributed by atoms with Gasteiger partial charge in [-0.05, 0) is 86.6 Å². The Hall–Kier alpha value is -2.49. The maximum atomic E-state index is 12.7. The number of carbonyl (C=O) groups excluding carboxylic acids is 1. The van der Waals surface area contributed by atoms with Gasteiger partial charge in [-0.1, -0.05) is 18.2 Å². The van der Waals surface area contributed by atoms with Crippen molar-refractivity contribution in [2.24, 2.45) is 17.8 Å². The summed E-state index contributed by atoms with van der Waals surface area (Å²) in [4.78, 5) is 12.7. The highest BCUT2D eigenvalue weighted by Gasteiger charge is 2.51. The summed E-state index contributed by atoms with van der Waals surface area (Å²) >= 11 is 0. The molecule has 4 aliphatic rings. The van der Waals surface area contributed by atoms with Crippen LogP contribution in [0, 0.1) is 17.8 Å². The lowest BCUT2D eigenvalue weighted by Gasteiger charge is -2.57. The minimum atomic E-state index is -0.123. The lowest BCUT2D eigenvalue weighted by molar-refractivity contribution is 0.0107. The molecule has 4 heteroatoms. The second-order valence-corrected chi connectivity index (χ2v) is 8.95. The number of rotatable bonds is 4. The van der Waals surface area contributed by atoms with Crippen LogP contribution in [0.3, 0.4) is 0 Å². The first kappa shape index (κ1) is 16.7. The van der Waals surface area contributed by atoms with E-state index in [1.807, 2.05) is 24.3 Å². The minimum Gasteiger partial charge on any atom is -0.399 e. The molecule has 4 saturated carbocycles. The fraction of sp³-hybridized carbons (Fsp3) is 0.435.